The molecule has 3 aliphatic heterocycles. The van der Waals surface area contributed by atoms with Crippen LogP contribution in [0.25, 0.3) is 0 Å². The highest BCUT2D eigenvalue weighted by Gasteiger charge is 2.75. The number of carbonyl (C=O) groups is 3. The van der Waals surface area contributed by atoms with Gasteiger partial charge >= 0.3 is 5.97 Å². The standard InChI is InChI=1S/C24H38N2O6/c1-6-10-15(5)25(13-7-2)22(29)20-24-12-11-17(32-24)18(23(30)31-9-4)19(24)21(28)26(20)16(8-3)14-27/h7,15-20,27H,2,6,8-14H2,1,3-5H3/t15?,16-,17-,18+,19-,20?,24?/m0/s1. The Morgan fingerprint density at radius 2 is 2.12 bits per heavy atom. The number of fused-ring (bicyclic) bond motifs is 1. The van der Waals surface area contributed by atoms with Gasteiger partial charge in [-0.1, -0.05) is 26.3 Å². The molecule has 8 nitrogen and oxygen atoms in total. The molecule has 1 N–H and O–H groups in total. The Bertz CT molecular complexity index is 738. The highest BCUT2D eigenvalue weighted by Crippen LogP contribution is 2.59. The van der Waals surface area contributed by atoms with Crippen LogP contribution in [0.4, 0.5) is 0 Å². The van der Waals surface area contributed by atoms with Crippen molar-refractivity contribution in [1.82, 2.24) is 9.80 Å². The van der Waals surface area contributed by atoms with E-state index in [-0.39, 0.29) is 31.1 Å². The molecule has 2 amide bonds. The van der Waals surface area contributed by atoms with Crippen LogP contribution in [-0.2, 0) is 23.9 Å². The minimum Gasteiger partial charge on any atom is -0.466 e. The first kappa shape index (κ1) is 24.7. The van der Waals surface area contributed by atoms with E-state index in [2.05, 4.69) is 13.5 Å². The van der Waals surface area contributed by atoms with Crippen molar-refractivity contribution in [2.45, 2.75) is 89.6 Å². The summed E-state index contributed by atoms with van der Waals surface area (Å²) in [6.07, 6.45) is 4.64. The fraction of sp³-hybridized carbons (Fsp3) is 0.792. The molecule has 3 heterocycles. The topological polar surface area (TPSA) is 96.4 Å². The van der Waals surface area contributed by atoms with E-state index in [0.717, 1.165) is 12.8 Å². The molecule has 0 aliphatic carbocycles. The molecule has 0 radical (unpaired) electrons. The van der Waals surface area contributed by atoms with Gasteiger partial charge in [-0.05, 0) is 39.5 Å². The van der Waals surface area contributed by atoms with Crippen molar-refractivity contribution in [3.63, 3.8) is 0 Å². The zero-order valence-corrected chi connectivity index (χ0v) is 19.8. The predicted octanol–water partition coefficient (Wildman–Crippen LogP) is 1.90. The van der Waals surface area contributed by atoms with Crippen molar-refractivity contribution < 1.29 is 29.0 Å². The molecule has 8 heteroatoms. The lowest BCUT2D eigenvalue weighted by Crippen LogP contribution is -2.60. The SMILES string of the molecule is C=CCN(C(=O)C1N([C@@H](CC)CO)C(=O)[C@@H]2[C@H](C(=O)OCC)[C@@H]3CCC12O3)C(C)CCC. The molecular weight excluding hydrogens is 412 g/mol. The first-order valence-electron chi connectivity index (χ1n) is 12.0. The summed E-state index contributed by atoms with van der Waals surface area (Å²) < 4.78 is 11.7. The van der Waals surface area contributed by atoms with E-state index < -0.39 is 41.6 Å². The van der Waals surface area contributed by atoms with Gasteiger partial charge in [0, 0.05) is 12.6 Å². The van der Waals surface area contributed by atoms with Crippen LogP contribution in [-0.4, -0.2) is 82.3 Å². The number of carbonyl (C=O) groups excluding carboxylic acids is 3. The van der Waals surface area contributed by atoms with Crippen LogP contribution in [0.1, 0.15) is 59.8 Å². The minimum absolute atomic E-state index is 0.0356. The summed E-state index contributed by atoms with van der Waals surface area (Å²) >= 11 is 0. The van der Waals surface area contributed by atoms with Gasteiger partial charge in [-0.3, -0.25) is 14.4 Å². The van der Waals surface area contributed by atoms with Gasteiger partial charge in [0.15, 0.2) is 0 Å². The smallest absolute Gasteiger partial charge is 0.312 e. The van der Waals surface area contributed by atoms with E-state index in [4.69, 9.17) is 9.47 Å². The third-order valence-corrected chi connectivity index (χ3v) is 7.45. The van der Waals surface area contributed by atoms with Crippen LogP contribution in [0, 0.1) is 11.8 Å². The molecule has 0 aromatic carbocycles. The molecule has 3 rings (SSSR count). The van der Waals surface area contributed by atoms with Crippen molar-refractivity contribution in [3.8, 4) is 0 Å². The number of esters is 1. The van der Waals surface area contributed by atoms with Gasteiger partial charge in [0.1, 0.15) is 11.6 Å². The van der Waals surface area contributed by atoms with E-state index >= 15 is 0 Å². The Balaban J connectivity index is 2.07. The second kappa shape index (κ2) is 9.91. The molecule has 180 valence electrons. The summed E-state index contributed by atoms with van der Waals surface area (Å²) in [7, 11) is 0. The minimum atomic E-state index is -1.07. The molecule has 3 saturated heterocycles. The molecule has 1 spiro atoms. The normalized spacial score (nSPS) is 32.5. The first-order valence-corrected chi connectivity index (χ1v) is 12.0. The molecule has 0 aromatic heterocycles. The number of hydrogen-bond donors (Lipinski definition) is 1. The number of nitrogens with zero attached hydrogens (tertiary/aromatic N) is 2. The van der Waals surface area contributed by atoms with Gasteiger partial charge in [0.2, 0.25) is 11.8 Å². The lowest BCUT2D eigenvalue weighted by atomic mass is 9.70. The number of aliphatic hydroxyl groups is 1. The first-order chi connectivity index (χ1) is 15.3. The Morgan fingerprint density at radius 1 is 1.41 bits per heavy atom. The van der Waals surface area contributed by atoms with Gasteiger partial charge in [-0.2, -0.15) is 0 Å². The van der Waals surface area contributed by atoms with Gasteiger partial charge in [-0.25, -0.2) is 0 Å². The summed E-state index contributed by atoms with van der Waals surface area (Å²) in [5.41, 5.74) is -1.07. The number of hydrogen-bond acceptors (Lipinski definition) is 6. The van der Waals surface area contributed by atoms with Crippen molar-refractivity contribution in [3.05, 3.63) is 12.7 Å². The lowest BCUT2D eigenvalue weighted by Gasteiger charge is -2.40. The molecule has 3 unspecified atom stereocenters. The third kappa shape index (κ3) is 3.75. The average Bonchev–Trinajstić information content (AvgIpc) is 3.41. The monoisotopic (exact) mass is 450 g/mol. The number of aliphatic hydroxyl groups excluding tert-OH is 1. The summed E-state index contributed by atoms with van der Waals surface area (Å²) in [6, 6.07) is -1.43. The van der Waals surface area contributed by atoms with Gasteiger partial charge in [0.25, 0.3) is 0 Å². The second-order valence-corrected chi connectivity index (χ2v) is 9.22. The number of rotatable bonds is 11. The fourth-order valence-electron chi connectivity index (χ4n) is 6.04. The number of amides is 2. The van der Waals surface area contributed by atoms with E-state index in [0.29, 0.717) is 25.8 Å². The molecule has 0 saturated carbocycles. The van der Waals surface area contributed by atoms with Crippen molar-refractivity contribution in [2.75, 3.05) is 19.8 Å². The second-order valence-electron chi connectivity index (χ2n) is 9.22. The van der Waals surface area contributed by atoms with E-state index in [9.17, 15) is 19.5 Å². The molecule has 0 aromatic rings. The maximum absolute atomic E-state index is 14.1. The maximum atomic E-state index is 14.1. The molecule has 7 atom stereocenters. The fourth-order valence-corrected chi connectivity index (χ4v) is 6.04. The molecular formula is C24H38N2O6. The van der Waals surface area contributed by atoms with Crippen LogP contribution in [0.5, 0.6) is 0 Å². The highest BCUT2D eigenvalue weighted by atomic mass is 16.6. The largest absolute Gasteiger partial charge is 0.466 e. The maximum Gasteiger partial charge on any atom is 0.312 e. The molecule has 2 bridgehead atoms. The average molecular weight is 451 g/mol. The Labute approximate surface area is 190 Å². The number of ether oxygens (including phenoxy) is 2. The Morgan fingerprint density at radius 3 is 2.69 bits per heavy atom. The van der Waals surface area contributed by atoms with Gasteiger partial charge < -0.3 is 24.4 Å². The van der Waals surface area contributed by atoms with Crippen molar-refractivity contribution in [2.24, 2.45) is 11.8 Å². The highest BCUT2D eigenvalue weighted by molar-refractivity contribution is 5.98. The zero-order valence-electron chi connectivity index (χ0n) is 19.8. The predicted molar refractivity (Wildman–Crippen MR) is 119 cm³/mol. The molecule has 32 heavy (non-hydrogen) atoms. The van der Waals surface area contributed by atoms with Gasteiger partial charge in [0.05, 0.1) is 37.2 Å². The van der Waals surface area contributed by atoms with Gasteiger partial charge in [-0.15, -0.1) is 6.58 Å². The quantitative estimate of drug-likeness (QED) is 0.382. The lowest BCUT2D eigenvalue weighted by molar-refractivity contribution is -0.156. The summed E-state index contributed by atoms with van der Waals surface area (Å²) in [5, 5.41) is 10.1. The van der Waals surface area contributed by atoms with E-state index in [1.807, 2.05) is 13.8 Å². The number of likely N-dealkylation sites (tertiary alicyclic amines) is 1. The summed E-state index contributed by atoms with van der Waals surface area (Å²) in [6.45, 7) is 11.8. The van der Waals surface area contributed by atoms with E-state index in [1.165, 1.54) is 4.90 Å². The summed E-state index contributed by atoms with van der Waals surface area (Å²) in [4.78, 5) is 44.0. The Hall–Kier alpha value is -1.93. The van der Waals surface area contributed by atoms with Crippen LogP contribution in [0.15, 0.2) is 12.7 Å². The molecule has 3 aliphatic rings. The van der Waals surface area contributed by atoms with Crippen molar-refractivity contribution in [1.29, 1.82) is 0 Å². The Kier molecular flexibility index (Phi) is 7.65. The zero-order chi connectivity index (χ0) is 23.6. The van der Waals surface area contributed by atoms with Crippen LogP contribution in [0.2, 0.25) is 0 Å². The van der Waals surface area contributed by atoms with Crippen LogP contribution < -0.4 is 0 Å². The van der Waals surface area contributed by atoms with Crippen molar-refractivity contribution >= 4 is 17.8 Å². The molecule has 3 fully saturated rings. The third-order valence-electron chi connectivity index (χ3n) is 7.45. The summed E-state index contributed by atoms with van der Waals surface area (Å²) in [5.74, 6) is -2.40. The van der Waals surface area contributed by atoms with Crippen LogP contribution in [0.3, 0.4) is 0 Å². The van der Waals surface area contributed by atoms with Crippen LogP contribution >= 0.6 is 0 Å². The van der Waals surface area contributed by atoms with E-state index in [1.54, 1.807) is 17.9 Å².